The van der Waals surface area contributed by atoms with E-state index in [-0.39, 0.29) is 12.5 Å². The van der Waals surface area contributed by atoms with E-state index >= 15 is 0 Å². The Balaban J connectivity index is 2.87. The molecule has 0 amide bonds. The second kappa shape index (κ2) is 4.74. The number of aliphatic carboxylic acids is 1. The van der Waals surface area contributed by atoms with Gasteiger partial charge in [-0.1, -0.05) is 30.3 Å². The number of rotatable bonds is 4. The van der Waals surface area contributed by atoms with E-state index in [0.29, 0.717) is 0 Å². The zero-order chi connectivity index (χ0) is 10.6. The van der Waals surface area contributed by atoms with Gasteiger partial charge in [0, 0.05) is 12.5 Å². The molecule has 4 heteroatoms. The number of carbonyl (C=O) groups is 1. The van der Waals surface area contributed by atoms with Crippen molar-refractivity contribution in [3.63, 3.8) is 0 Å². The molecule has 0 saturated carbocycles. The van der Waals surface area contributed by atoms with Crippen molar-refractivity contribution in [2.24, 2.45) is 11.5 Å². The Hall–Kier alpha value is -1.39. The lowest BCUT2D eigenvalue weighted by atomic mass is 9.92. The molecule has 2 atom stereocenters. The fourth-order valence-electron chi connectivity index (χ4n) is 1.36. The van der Waals surface area contributed by atoms with Gasteiger partial charge in [-0.25, -0.2) is 0 Å². The molecule has 1 rings (SSSR count). The summed E-state index contributed by atoms with van der Waals surface area (Å²) in [5, 5.41) is 8.76. The summed E-state index contributed by atoms with van der Waals surface area (Å²) in [6, 6.07) is 8.27. The number of carboxylic acids is 1. The van der Waals surface area contributed by atoms with Crippen LogP contribution >= 0.6 is 0 Å². The van der Waals surface area contributed by atoms with Gasteiger partial charge >= 0.3 is 5.97 Å². The van der Waals surface area contributed by atoms with Crippen molar-refractivity contribution in [1.29, 1.82) is 0 Å². The fourth-order valence-corrected chi connectivity index (χ4v) is 1.36. The van der Waals surface area contributed by atoms with E-state index in [1.54, 1.807) is 0 Å². The second-order valence-electron chi connectivity index (χ2n) is 3.12. The Morgan fingerprint density at radius 3 is 2.36 bits per heavy atom. The van der Waals surface area contributed by atoms with Gasteiger partial charge in [0.25, 0.3) is 0 Å². The van der Waals surface area contributed by atoms with Gasteiger partial charge in [0.1, 0.15) is 6.04 Å². The van der Waals surface area contributed by atoms with Crippen molar-refractivity contribution in [2.45, 2.75) is 12.0 Å². The maximum absolute atomic E-state index is 10.7. The highest BCUT2D eigenvalue weighted by atomic mass is 16.4. The van der Waals surface area contributed by atoms with Gasteiger partial charge < -0.3 is 16.6 Å². The maximum Gasteiger partial charge on any atom is 0.321 e. The largest absolute Gasteiger partial charge is 0.480 e. The fraction of sp³-hybridized carbons (Fsp3) is 0.300. The van der Waals surface area contributed by atoms with Crippen molar-refractivity contribution in [2.75, 3.05) is 6.54 Å². The molecule has 1 aromatic carbocycles. The van der Waals surface area contributed by atoms with E-state index in [4.69, 9.17) is 16.6 Å². The highest BCUT2D eigenvalue weighted by molar-refractivity contribution is 5.74. The van der Waals surface area contributed by atoms with E-state index in [9.17, 15) is 4.79 Å². The molecule has 4 nitrogen and oxygen atoms in total. The summed E-state index contributed by atoms with van der Waals surface area (Å²) in [5.74, 6) is -1.35. The first-order valence-corrected chi connectivity index (χ1v) is 4.40. The van der Waals surface area contributed by atoms with Gasteiger partial charge in [0.05, 0.1) is 0 Å². The number of carboxylic acid groups (broad SMARTS) is 1. The summed E-state index contributed by atoms with van der Waals surface area (Å²) in [7, 11) is 0. The summed E-state index contributed by atoms with van der Waals surface area (Å²) in [6.07, 6.45) is 0. The highest BCUT2D eigenvalue weighted by Gasteiger charge is 2.23. The summed E-state index contributed by atoms with van der Waals surface area (Å²) in [4.78, 5) is 10.7. The molecule has 0 fully saturated rings. The van der Waals surface area contributed by atoms with Crippen LogP contribution in [0.3, 0.4) is 0 Å². The van der Waals surface area contributed by atoms with E-state index < -0.39 is 12.0 Å². The molecule has 0 heterocycles. The van der Waals surface area contributed by atoms with E-state index in [0.717, 1.165) is 5.56 Å². The SMILES string of the molecule is NCC(c1ccccc1)[C@@H](N)C(=O)O. The predicted molar refractivity (Wildman–Crippen MR) is 53.8 cm³/mol. The Labute approximate surface area is 82.5 Å². The monoisotopic (exact) mass is 194 g/mol. The number of benzene rings is 1. The first kappa shape index (κ1) is 10.7. The molecule has 0 spiro atoms. The van der Waals surface area contributed by atoms with Crippen LogP contribution in [0.2, 0.25) is 0 Å². The van der Waals surface area contributed by atoms with E-state index in [1.165, 1.54) is 0 Å². The molecule has 0 aromatic heterocycles. The summed E-state index contributed by atoms with van der Waals surface area (Å²) in [6.45, 7) is 0.234. The molecule has 0 aliphatic rings. The number of nitrogens with two attached hydrogens (primary N) is 2. The van der Waals surface area contributed by atoms with Crippen LogP contribution in [0.1, 0.15) is 11.5 Å². The molecule has 1 aromatic rings. The lowest BCUT2D eigenvalue weighted by molar-refractivity contribution is -0.139. The third-order valence-electron chi connectivity index (χ3n) is 2.20. The number of hydrogen-bond donors (Lipinski definition) is 3. The summed E-state index contributed by atoms with van der Waals surface area (Å²) >= 11 is 0. The topological polar surface area (TPSA) is 89.3 Å². The minimum absolute atomic E-state index is 0.234. The molecule has 0 saturated heterocycles. The van der Waals surface area contributed by atoms with Crippen LogP contribution in [0.4, 0.5) is 0 Å². The highest BCUT2D eigenvalue weighted by Crippen LogP contribution is 2.16. The zero-order valence-electron chi connectivity index (χ0n) is 7.76. The van der Waals surface area contributed by atoms with Crippen LogP contribution in [0.25, 0.3) is 0 Å². The molecule has 1 unspecified atom stereocenters. The Bertz CT molecular complexity index is 300. The van der Waals surface area contributed by atoms with Crippen LogP contribution in [0.15, 0.2) is 30.3 Å². The van der Waals surface area contributed by atoms with Gasteiger partial charge in [0.2, 0.25) is 0 Å². The standard InChI is InChI=1S/C10H14N2O2/c11-6-8(9(12)10(13)14)7-4-2-1-3-5-7/h1-5,8-9H,6,11-12H2,(H,13,14)/t8?,9-/m1/s1. The quantitative estimate of drug-likeness (QED) is 0.636. The van der Waals surface area contributed by atoms with Gasteiger partial charge in [-0.3, -0.25) is 4.79 Å². The summed E-state index contributed by atoms with van der Waals surface area (Å²) < 4.78 is 0. The van der Waals surface area contributed by atoms with Crippen molar-refractivity contribution < 1.29 is 9.90 Å². The van der Waals surface area contributed by atoms with Crippen LogP contribution in [-0.2, 0) is 4.79 Å². The minimum atomic E-state index is -1.02. The summed E-state index contributed by atoms with van der Waals surface area (Å²) in [5.41, 5.74) is 11.9. The van der Waals surface area contributed by atoms with Crippen molar-refractivity contribution in [3.8, 4) is 0 Å². The second-order valence-corrected chi connectivity index (χ2v) is 3.12. The van der Waals surface area contributed by atoms with Gasteiger partial charge in [-0.2, -0.15) is 0 Å². The smallest absolute Gasteiger partial charge is 0.321 e. The molecule has 76 valence electrons. The zero-order valence-corrected chi connectivity index (χ0v) is 7.76. The lowest BCUT2D eigenvalue weighted by Crippen LogP contribution is -2.39. The molecule has 5 N–H and O–H groups in total. The maximum atomic E-state index is 10.7. The third kappa shape index (κ3) is 2.31. The molecular weight excluding hydrogens is 180 g/mol. The van der Waals surface area contributed by atoms with Gasteiger partial charge in [-0.05, 0) is 5.56 Å². The van der Waals surface area contributed by atoms with Gasteiger partial charge in [0.15, 0.2) is 0 Å². The molecule has 0 radical (unpaired) electrons. The van der Waals surface area contributed by atoms with Crippen LogP contribution in [0, 0.1) is 0 Å². The van der Waals surface area contributed by atoms with Crippen LogP contribution < -0.4 is 11.5 Å². The van der Waals surface area contributed by atoms with Crippen LogP contribution in [0.5, 0.6) is 0 Å². The predicted octanol–water partition coefficient (Wildman–Crippen LogP) is 0.141. The normalized spacial score (nSPS) is 14.7. The molecule has 0 bridgehead atoms. The third-order valence-corrected chi connectivity index (χ3v) is 2.20. The Morgan fingerprint density at radius 1 is 1.36 bits per heavy atom. The minimum Gasteiger partial charge on any atom is -0.480 e. The van der Waals surface area contributed by atoms with Gasteiger partial charge in [-0.15, -0.1) is 0 Å². The molecule has 0 aliphatic carbocycles. The average Bonchev–Trinajstić information content (AvgIpc) is 2.20. The molecular formula is C10H14N2O2. The lowest BCUT2D eigenvalue weighted by Gasteiger charge is -2.18. The molecule has 0 aliphatic heterocycles. The Morgan fingerprint density at radius 2 is 1.93 bits per heavy atom. The molecule has 14 heavy (non-hydrogen) atoms. The Kier molecular flexibility index (Phi) is 3.62. The van der Waals surface area contributed by atoms with E-state index in [1.807, 2.05) is 30.3 Å². The van der Waals surface area contributed by atoms with Crippen molar-refractivity contribution >= 4 is 5.97 Å². The number of hydrogen-bond acceptors (Lipinski definition) is 3. The van der Waals surface area contributed by atoms with Crippen molar-refractivity contribution in [3.05, 3.63) is 35.9 Å². The first-order chi connectivity index (χ1) is 6.66. The first-order valence-electron chi connectivity index (χ1n) is 4.40. The van der Waals surface area contributed by atoms with Crippen molar-refractivity contribution in [1.82, 2.24) is 0 Å². The van der Waals surface area contributed by atoms with Crippen LogP contribution in [-0.4, -0.2) is 23.7 Å². The van der Waals surface area contributed by atoms with E-state index in [2.05, 4.69) is 0 Å². The average molecular weight is 194 g/mol.